The second-order valence-corrected chi connectivity index (χ2v) is 4.43. The molecule has 2 aromatic carbocycles. The lowest BCUT2D eigenvalue weighted by molar-refractivity contribution is -0.384. The minimum Gasteiger partial charge on any atom is -0.324 e. The van der Waals surface area contributed by atoms with Crippen LogP contribution in [0.3, 0.4) is 0 Å². The number of nitrogens with one attached hydrogen (secondary N) is 1. The van der Waals surface area contributed by atoms with Crippen molar-refractivity contribution in [2.24, 2.45) is 0 Å². The number of hydrogen-bond donors (Lipinski definition) is 1. The lowest BCUT2D eigenvalue weighted by Gasteiger charge is -2.05. The van der Waals surface area contributed by atoms with Crippen LogP contribution in [-0.2, 0) is 0 Å². The summed E-state index contributed by atoms with van der Waals surface area (Å²) in [6.45, 7) is 0. The molecule has 22 heavy (non-hydrogen) atoms. The highest BCUT2D eigenvalue weighted by Gasteiger charge is 2.10. The quantitative estimate of drug-likeness (QED) is 0.586. The van der Waals surface area contributed by atoms with Crippen molar-refractivity contribution in [2.75, 3.05) is 5.32 Å². The molecule has 0 radical (unpaired) electrons. The van der Waals surface area contributed by atoms with Gasteiger partial charge in [0.25, 0.3) is 5.69 Å². The summed E-state index contributed by atoms with van der Waals surface area (Å²) in [4.78, 5) is 22.8. The molecule has 0 aliphatic heterocycles. The van der Waals surface area contributed by atoms with Gasteiger partial charge >= 0.3 is 0 Å². The zero-order valence-electron chi connectivity index (χ0n) is 11.4. The Bertz CT molecular complexity index is 808. The van der Waals surface area contributed by atoms with E-state index in [1.54, 1.807) is 12.1 Å². The molecular formula is C15H11N5O2. The fourth-order valence-corrected chi connectivity index (χ4v) is 1.90. The average molecular weight is 293 g/mol. The van der Waals surface area contributed by atoms with E-state index in [0.29, 0.717) is 17.3 Å². The molecule has 1 aromatic heterocycles. The molecule has 3 rings (SSSR count). The van der Waals surface area contributed by atoms with Gasteiger partial charge in [-0.2, -0.15) is 4.98 Å². The van der Waals surface area contributed by atoms with Gasteiger partial charge in [-0.3, -0.25) is 10.1 Å². The SMILES string of the molecule is O=[N+]([O-])c1cccc(-c2ncnc(Nc3ccccc3)n2)c1. The fourth-order valence-electron chi connectivity index (χ4n) is 1.90. The van der Waals surface area contributed by atoms with Crippen LogP contribution in [0.25, 0.3) is 11.4 Å². The third-order valence-electron chi connectivity index (χ3n) is 2.92. The number of nitro groups is 1. The molecule has 7 nitrogen and oxygen atoms in total. The normalized spacial score (nSPS) is 10.2. The largest absolute Gasteiger partial charge is 0.324 e. The van der Waals surface area contributed by atoms with Crippen LogP contribution >= 0.6 is 0 Å². The molecule has 1 N–H and O–H groups in total. The van der Waals surface area contributed by atoms with E-state index >= 15 is 0 Å². The Morgan fingerprint density at radius 3 is 2.59 bits per heavy atom. The van der Waals surface area contributed by atoms with Crippen LogP contribution in [0.5, 0.6) is 0 Å². The van der Waals surface area contributed by atoms with Gasteiger partial charge in [0.05, 0.1) is 4.92 Å². The summed E-state index contributed by atoms with van der Waals surface area (Å²) in [6, 6.07) is 15.6. The molecule has 7 heteroatoms. The second-order valence-electron chi connectivity index (χ2n) is 4.43. The molecule has 0 unspecified atom stereocenters. The van der Waals surface area contributed by atoms with Crippen molar-refractivity contribution in [3.8, 4) is 11.4 Å². The molecule has 1 heterocycles. The first-order valence-electron chi connectivity index (χ1n) is 6.48. The Hall–Kier alpha value is -3.35. The van der Waals surface area contributed by atoms with Gasteiger partial charge in [0.15, 0.2) is 5.82 Å². The van der Waals surface area contributed by atoms with Crippen molar-refractivity contribution in [3.63, 3.8) is 0 Å². The smallest absolute Gasteiger partial charge is 0.270 e. The van der Waals surface area contributed by atoms with Gasteiger partial charge in [-0.25, -0.2) is 9.97 Å². The maximum Gasteiger partial charge on any atom is 0.270 e. The molecule has 3 aromatic rings. The molecule has 108 valence electrons. The summed E-state index contributed by atoms with van der Waals surface area (Å²) in [5.41, 5.74) is 1.40. The van der Waals surface area contributed by atoms with Gasteiger partial charge in [0, 0.05) is 23.4 Å². The molecule has 0 spiro atoms. The van der Waals surface area contributed by atoms with Crippen molar-refractivity contribution in [1.82, 2.24) is 15.0 Å². The number of aromatic nitrogens is 3. The van der Waals surface area contributed by atoms with E-state index in [1.807, 2.05) is 30.3 Å². The van der Waals surface area contributed by atoms with Crippen molar-refractivity contribution in [1.29, 1.82) is 0 Å². The maximum atomic E-state index is 10.8. The van der Waals surface area contributed by atoms with Gasteiger partial charge < -0.3 is 5.32 Å². The molecule has 0 bridgehead atoms. The highest BCUT2D eigenvalue weighted by Crippen LogP contribution is 2.21. The number of benzene rings is 2. The van der Waals surface area contributed by atoms with Crippen LogP contribution in [0, 0.1) is 10.1 Å². The first-order valence-corrected chi connectivity index (χ1v) is 6.48. The predicted octanol–water partition coefficient (Wildman–Crippen LogP) is 3.19. The Kier molecular flexibility index (Phi) is 3.69. The summed E-state index contributed by atoms with van der Waals surface area (Å²) >= 11 is 0. The molecule has 0 aliphatic rings. The van der Waals surface area contributed by atoms with E-state index in [9.17, 15) is 10.1 Å². The Morgan fingerprint density at radius 1 is 1.00 bits per heavy atom. The molecular weight excluding hydrogens is 282 g/mol. The van der Waals surface area contributed by atoms with Gasteiger partial charge in [0.2, 0.25) is 5.95 Å². The standard InChI is InChI=1S/C15H11N5O2/c21-20(22)13-8-4-5-11(9-13)14-16-10-17-15(19-14)18-12-6-2-1-3-7-12/h1-10H,(H,16,17,18,19). The first kappa shape index (κ1) is 13.6. The zero-order chi connectivity index (χ0) is 15.4. The molecule has 0 amide bonds. The zero-order valence-corrected chi connectivity index (χ0v) is 11.4. The molecule has 0 aliphatic carbocycles. The van der Waals surface area contributed by atoms with E-state index < -0.39 is 4.92 Å². The third kappa shape index (κ3) is 3.04. The summed E-state index contributed by atoms with van der Waals surface area (Å²) < 4.78 is 0. The topological polar surface area (TPSA) is 93.8 Å². The number of para-hydroxylation sites is 1. The molecule has 0 atom stereocenters. The van der Waals surface area contributed by atoms with E-state index in [4.69, 9.17) is 0 Å². The second kappa shape index (κ2) is 5.96. The third-order valence-corrected chi connectivity index (χ3v) is 2.92. The van der Waals surface area contributed by atoms with E-state index in [-0.39, 0.29) is 5.69 Å². The van der Waals surface area contributed by atoms with Crippen molar-refractivity contribution < 1.29 is 4.92 Å². The monoisotopic (exact) mass is 293 g/mol. The molecule has 0 saturated carbocycles. The number of non-ortho nitro benzene ring substituents is 1. The van der Waals surface area contributed by atoms with E-state index in [1.165, 1.54) is 18.5 Å². The van der Waals surface area contributed by atoms with Crippen LogP contribution in [0.1, 0.15) is 0 Å². The van der Waals surface area contributed by atoms with Crippen molar-refractivity contribution in [3.05, 3.63) is 71.0 Å². The average Bonchev–Trinajstić information content (AvgIpc) is 2.56. The Labute approximate surface area is 125 Å². The highest BCUT2D eigenvalue weighted by atomic mass is 16.6. The predicted molar refractivity (Wildman–Crippen MR) is 81.6 cm³/mol. The minimum absolute atomic E-state index is 0.00418. The lowest BCUT2D eigenvalue weighted by Crippen LogP contribution is -2.00. The molecule has 0 fully saturated rings. The first-order chi connectivity index (χ1) is 10.7. The van der Waals surface area contributed by atoms with Crippen LogP contribution in [0.2, 0.25) is 0 Å². The Morgan fingerprint density at radius 2 is 1.82 bits per heavy atom. The maximum absolute atomic E-state index is 10.8. The number of rotatable bonds is 4. The Balaban J connectivity index is 1.91. The number of nitro benzene ring substituents is 1. The summed E-state index contributed by atoms with van der Waals surface area (Å²) in [6.07, 6.45) is 1.37. The number of hydrogen-bond acceptors (Lipinski definition) is 6. The van der Waals surface area contributed by atoms with Crippen LogP contribution in [0.15, 0.2) is 60.9 Å². The lowest BCUT2D eigenvalue weighted by atomic mass is 10.2. The summed E-state index contributed by atoms with van der Waals surface area (Å²) in [5, 5.41) is 13.9. The van der Waals surface area contributed by atoms with Gasteiger partial charge in [-0.05, 0) is 12.1 Å². The van der Waals surface area contributed by atoms with Crippen LogP contribution in [0.4, 0.5) is 17.3 Å². The van der Waals surface area contributed by atoms with E-state index in [2.05, 4.69) is 20.3 Å². The van der Waals surface area contributed by atoms with Crippen molar-refractivity contribution in [2.45, 2.75) is 0 Å². The molecule has 0 saturated heterocycles. The fraction of sp³-hybridized carbons (Fsp3) is 0. The minimum atomic E-state index is -0.451. The van der Waals surface area contributed by atoms with Crippen LogP contribution in [-0.4, -0.2) is 19.9 Å². The van der Waals surface area contributed by atoms with Crippen molar-refractivity contribution >= 4 is 17.3 Å². The van der Waals surface area contributed by atoms with Gasteiger partial charge in [0.1, 0.15) is 6.33 Å². The number of anilines is 2. The van der Waals surface area contributed by atoms with Gasteiger partial charge in [-0.1, -0.05) is 30.3 Å². The van der Waals surface area contributed by atoms with E-state index in [0.717, 1.165) is 5.69 Å². The highest BCUT2D eigenvalue weighted by molar-refractivity contribution is 5.61. The summed E-state index contributed by atoms with van der Waals surface area (Å²) in [7, 11) is 0. The summed E-state index contributed by atoms with van der Waals surface area (Å²) in [5.74, 6) is 0.750. The number of nitrogens with zero attached hydrogens (tertiary/aromatic N) is 4. The van der Waals surface area contributed by atoms with Crippen LogP contribution < -0.4 is 5.32 Å². The van der Waals surface area contributed by atoms with Gasteiger partial charge in [-0.15, -0.1) is 0 Å².